The van der Waals surface area contributed by atoms with Gasteiger partial charge in [-0.2, -0.15) is 0 Å². The summed E-state index contributed by atoms with van der Waals surface area (Å²) in [5, 5.41) is 11.0. The van der Waals surface area contributed by atoms with E-state index in [-0.39, 0.29) is 18.0 Å². The molecular weight excluding hydrogens is 269 g/mol. The number of halogens is 2. The Kier molecular flexibility index (Phi) is 6.04. The Morgan fingerprint density at radius 3 is 2.71 bits per heavy atom. The Morgan fingerprint density at radius 2 is 2.06 bits per heavy atom. The second kappa shape index (κ2) is 7.32. The Balaban J connectivity index is 2.55. The van der Waals surface area contributed by atoms with Crippen molar-refractivity contribution in [3.05, 3.63) is 33.3 Å². The summed E-state index contributed by atoms with van der Waals surface area (Å²) in [6.45, 7) is 0.972. The number of hydrogen-bond donors (Lipinski definition) is 0. The number of nitro benzene ring substituents is 1. The largest absolute Gasteiger partial charge is 0.484 e. The summed E-state index contributed by atoms with van der Waals surface area (Å²) in [6, 6.07) is 4.24. The lowest BCUT2D eigenvalue weighted by Gasteiger charge is -2.07. The maximum absolute atomic E-state index is 10.7. The summed E-state index contributed by atoms with van der Waals surface area (Å²) in [6.07, 6.45) is 0. The molecule has 0 bridgehead atoms. The molecule has 94 valence electrons. The average molecular weight is 280 g/mol. The topological polar surface area (TPSA) is 61.6 Å². The number of ether oxygens (including phenoxy) is 2. The Morgan fingerprint density at radius 1 is 1.29 bits per heavy atom. The van der Waals surface area contributed by atoms with E-state index in [9.17, 15) is 10.1 Å². The minimum Gasteiger partial charge on any atom is -0.484 e. The van der Waals surface area contributed by atoms with Gasteiger partial charge in [0.05, 0.1) is 18.1 Å². The molecule has 1 aromatic rings. The molecule has 0 heterocycles. The lowest BCUT2D eigenvalue weighted by atomic mass is 10.3. The molecule has 5 nitrogen and oxygen atoms in total. The fourth-order valence-electron chi connectivity index (χ4n) is 1.12. The van der Waals surface area contributed by atoms with Crippen LogP contribution in [0.1, 0.15) is 0 Å². The molecule has 0 aliphatic heterocycles. The zero-order chi connectivity index (χ0) is 12.7. The van der Waals surface area contributed by atoms with Crippen LogP contribution >= 0.6 is 23.2 Å². The van der Waals surface area contributed by atoms with Crippen LogP contribution in [-0.2, 0) is 4.74 Å². The van der Waals surface area contributed by atoms with E-state index in [1.807, 2.05) is 0 Å². The van der Waals surface area contributed by atoms with E-state index in [2.05, 4.69) is 0 Å². The number of nitro groups is 1. The molecule has 7 heteroatoms. The van der Waals surface area contributed by atoms with E-state index in [4.69, 9.17) is 32.7 Å². The first kappa shape index (κ1) is 14.0. The first-order chi connectivity index (χ1) is 8.15. The van der Waals surface area contributed by atoms with E-state index in [1.54, 1.807) is 0 Å². The van der Waals surface area contributed by atoms with E-state index in [0.29, 0.717) is 24.1 Å². The highest BCUT2D eigenvalue weighted by molar-refractivity contribution is 6.30. The van der Waals surface area contributed by atoms with Gasteiger partial charge in [0.2, 0.25) is 0 Å². The van der Waals surface area contributed by atoms with Gasteiger partial charge < -0.3 is 9.47 Å². The average Bonchev–Trinajstić information content (AvgIpc) is 2.30. The molecule has 0 radical (unpaired) electrons. The molecule has 0 saturated carbocycles. The quantitative estimate of drug-likeness (QED) is 0.333. The van der Waals surface area contributed by atoms with Crippen molar-refractivity contribution >= 4 is 28.9 Å². The van der Waals surface area contributed by atoms with Gasteiger partial charge in [0.25, 0.3) is 0 Å². The fourth-order valence-corrected chi connectivity index (χ4v) is 1.40. The molecule has 0 N–H and O–H groups in total. The van der Waals surface area contributed by atoms with Gasteiger partial charge >= 0.3 is 5.69 Å². The van der Waals surface area contributed by atoms with Crippen LogP contribution in [0.25, 0.3) is 0 Å². The van der Waals surface area contributed by atoms with E-state index >= 15 is 0 Å². The number of alkyl halides is 1. The zero-order valence-electron chi connectivity index (χ0n) is 8.90. The molecule has 0 aliphatic carbocycles. The smallest absolute Gasteiger partial charge is 0.312 e. The van der Waals surface area contributed by atoms with Crippen LogP contribution < -0.4 is 4.74 Å². The van der Waals surface area contributed by atoms with Crippen molar-refractivity contribution in [2.24, 2.45) is 0 Å². The highest BCUT2D eigenvalue weighted by Crippen LogP contribution is 2.29. The highest BCUT2D eigenvalue weighted by Gasteiger charge is 2.15. The van der Waals surface area contributed by atoms with Crippen LogP contribution in [0.15, 0.2) is 18.2 Å². The third kappa shape index (κ3) is 4.77. The SMILES string of the molecule is O=[N+]([O-])c1cc(Cl)ccc1OCCOCCCl. The normalized spacial score (nSPS) is 10.2. The Labute approximate surface area is 108 Å². The van der Waals surface area contributed by atoms with Crippen molar-refractivity contribution in [1.82, 2.24) is 0 Å². The van der Waals surface area contributed by atoms with Gasteiger partial charge in [-0.25, -0.2) is 0 Å². The summed E-state index contributed by atoms with van der Waals surface area (Å²) in [7, 11) is 0. The van der Waals surface area contributed by atoms with Gasteiger partial charge in [-0.3, -0.25) is 10.1 Å². The summed E-state index contributed by atoms with van der Waals surface area (Å²) >= 11 is 11.1. The molecule has 17 heavy (non-hydrogen) atoms. The van der Waals surface area contributed by atoms with E-state index in [0.717, 1.165) is 0 Å². The predicted molar refractivity (Wildman–Crippen MR) is 65.1 cm³/mol. The first-order valence-electron chi connectivity index (χ1n) is 4.85. The molecule has 0 amide bonds. The molecule has 0 aromatic heterocycles. The van der Waals surface area contributed by atoms with Gasteiger partial charge in [-0.15, -0.1) is 11.6 Å². The lowest BCUT2D eigenvalue weighted by molar-refractivity contribution is -0.385. The molecular formula is C10H11Cl2NO4. The molecule has 0 saturated heterocycles. The molecule has 0 aliphatic rings. The minimum absolute atomic E-state index is 0.158. The maximum Gasteiger partial charge on any atom is 0.312 e. The van der Waals surface area contributed by atoms with E-state index < -0.39 is 4.92 Å². The van der Waals surface area contributed by atoms with Crippen molar-refractivity contribution in [1.29, 1.82) is 0 Å². The zero-order valence-corrected chi connectivity index (χ0v) is 10.4. The van der Waals surface area contributed by atoms with Gasteiger partial charge in [0, 0.05) is 17.0 Å². The lowest BCUT2D eigenvalue weighted by Crippen LogP contribution is -2.08. The standard InChI is InChI=1S/C10H11Cl2NO4/c11-3-4-16-5-6-17-10-2-1-8(12)7-9(10)13(14)15/h1-2,7H,3-6H2. The van der Waals surface area contributed by atoms with Crippen molar-refractivity contribution in [3.8, 4) is 5.75 Å². The molecule has 0 atom stereocenters. The van der Waals surface area contributed by atoms with Crippen molar-refractivity contribution < 1.29 is 14.4 Å². The summed E-state index contributed by atoms with van der Waals surface area (Å²) in [5.41, 5.74) is -0.158. The molecule has 1 rings (SSSR count). The van der Waals surface area contributed by atoms with Gasteiger partial charge in [0.15, 0.2) is 5.75 Å². The van der Waals surface area contributed by atoms with Crippen LogP contribution in [0.5, 0.6) is 5.75 Å². The van der Waals surface area contributed by atoms with Crippen molar-refractivity contribution in [2.45, 2.75) is 0 Å². The second-order valence-electron chi connectivity index (χ2n) is 3.02. The third-order valence-corrected chi connectivity index (χ3v) is 2.21. The van der Waals surface area contributed by atoms with Crippen LogP contribution in [0.3, 0.4) is 0 Å². The summed E-state index contributed by atoms with van der Waals surface area (Å²) < 4.78 is 10.3. The monoisotopic (exact) mass is 279 g/mol. The van der Waals surface area contributed by atoms with Crippen LogP contribution in [-0.4, -0.2) is 30.6 Å². The summed E-state index contributed by atoms with van der Waals surface area (Å²) in [4.78, 5) is 10.2. The van der Waals surface area contributed by atoms with Gasteiger partial charge in [0.1, 0.15) is 6.61 Å². The highest BCUT2D eigenvalue weighted by atomic mass is 35.5. The van der Waals surface area contributed by atoms with Crippen molar-refractivity contribution in [3.63, 3.8) is 0 Å². The Hall–Kier alpha value is -1.04. The van der Waals surface area contributed by atoms with E-state index in [1.165, 1.54) is 18.2 Å². The van der Waals surface area contributed by atoms with Crippen LogP contribution in [0.2, 0.25) is 5.02 Å². The Bertz CT molecular complexity index is 387. The van der Waals surface area contributed by atoms with Gasteiger partial charge in [-0.05, 0) is 12.1 Å². The van der Waals surface area contributed by atoms with Gasteiger partial charge in [-0.1, -0.05) is 11.6 Å². The molecule has 1 aromatic carbocycles. The molecule has 0 fully saturated rings. The van der Waals surface area contributed by atoms with Crippen molar-refractivity contribution in [2.75, 3.05) is 25.7 Å². The maximum atomic E-state index is 10.7. The summed E-state index contributed by atoms with van der Waals surface area (Å²) in [5.74, 6) is 0.579. The molecule has 0 spiro atoms. The first-order valence-corrected chi connectivity index (χ1v) is 5.77. The number of rotatable bonds is 7. The second-order valence-corrected chi connectivity index (χ2v) is 3.83. The third-order valence-electron chi connectivity index (χ3n) is 1.82. The number of benzene rings is 1. The number of hydrogen-bond acceptors (Lipinski definition) is 4. The predicted octanol–water partition coefficient (Wildman–Crippen LogP) is 2.88. The fraction of sp³-hybridized carbons (Fsp3) is 0.400. The molecule has 0 unspecified atom stereocenters. The number of nitrogens with zero attached hydrogens (tertiary/aromatic N) is 1. The van der Waals surface area contributed by atoms with Crippen LogP contribution in [0, 0.1) is 10.1 Å². The van der Waals surface area contributed by atoms with Crippen LogP contribution in [0.4, 0.5) is 5.69 Å². The minimum atomic E-state index is -0.541.